The summed E-state index contributed by atoms with van der Waals surface area (Å²) in [5.74, 6) is -56.9. The fourth-order valence-electron chi connectivity index (χ4n) is 2.37. The van der Waals surface area contributed by atoms with Crippen LogP contribution in [0.1, 0.15) is 45.4 Å². The van der Waals surface area contributed by atoms with Crippen molar-refractivity contribution >= 4 is 5.97 Å². The van der Waals surface area contributed by atoms with E-state index in [1.165, 1.54) is 0 Å². The van der Waals surface area contributed by atoms with E-state index in [9.17, 15) is 75.0 Å². The van der Waals surface area contributed by atoms with Crippen molar-refractivity contribution in [2.45, 2.75) is 93.3 Å². The van der Waals surface area contributed by atoms with Crippen LogP contribution in [0, 0.1) is 0 Å². The normalized spacial score (nSPS) is 15.0. The summed E-state index contributed by atoms with van der Waals surface area (Å²) >= 11 is 0. The van der Waals surface area contributed by atoms with Gasteiger partial charge in [-0.2, -0.15) is 61.5 Å². The first-order valence-corrected chi connectivity index (χ1v) is 9.48. The molecule has 0 aliphatic carbocycles. The standard InChI is InChI=1S/C17H18F16O2/c1-2-3-4-5-6-7-9(34)35-8-11(20,21)13(24,25)15(28,29)17(32,33)16(30,31)14(26,27)12(22,23)10(18)19/h10H,2-8H2,1H3. The van der Waals surface area contributed by atoms with Crippen LogP contribution in [0.5, 0.6) is 0 Å². The van der Waals surface area contributed by atoms with Crippen LogP contribution in [0.3, 0.4) is 0 Å². The summed E-state index contributed by atoms with van der Waals surface area (Å²) in [6.45, 7) is -1.34. The van der Waals surface area contributed by atoms with Crippen molar-refractivity contribution in [3.05, 3.63) is 0 Å². The number of alkyl halides is 16. The number of unbranched alkanes of at least 4 members (excludes halogenated alkanes) is 4. The number of ether oxygens (including phenoxy) is 1. The Hall–Kier alpha value is -1.65. The maximum absolute atomic E-state index is 13.6. The van der Waals surface area contributed by atoms with Crippen LogP contribution >= 0.6 is 0 Å². The minimum Gasteiger partial charge on any atom is -0.459 e. The average Bonchev–Trinajstić information content (AvgIpc) is 2.71. The third-order valence-corrected chi connectivity index (χ3v) is 4.63. The third-order valence-electron chi connectivity index (χ3n) is 4.63. The molecule has 210 valence electrons. The van der Waals surface area contributed by atoms with E-state index in [-0.39, 0.29) is 6.42 Å². The van der Waals surface area contributed by atoms with Gasteiger partial charge in [0, 0.05) is 6.42 Å². The van der Waals surface area contributed by atoms with Crippen LogP contribution in [0.25, 0.3) is 0 Å². The van der Waals surface area contributed by atoms with Crippen molar-refractivity contribution in [3.63, 3.8) is 0 Å². The maximum atomic E-state index is 13.6. The molecule has 0 aromatic carbocycles. The Kier molecular flexibility index (Phi) is 10.3. The molecule has 0 aromatic rings. The van der Waals surface area contributed by atoms with Crippen LogP contribution in [0.2, 0.25) is 0 Å². The number of carbonyl (C=O) groups excluding carboxylic acids is 1. The largest absolute Gasteiger partial charge is 0.459 e. The van der Waals surface area contributed by atoms with Crippen molar-refractivity contribution in [1.82, 2.24) is 0 Å². The van der Waals surface area contributed by atoms with E-state index in [0.29, 0.717) is 19.3 Å². The number of rotatable bonds is 15. The van der Waals surface area contributed by atoms with E-state index < -0.39 is 66.9 Å². The van der Waals surface area contributed by atoms with Gasteiger partial charge in [0.05, 0.1) is 0 Å². The lowest BCUT2D eigenvalue weighted by Gasteiger charge is -2.42. The first-order chi connectivity index (χ1) is 15.4. The monoisotopic (exact) mass is 558 g/mol. The molecule has 0 fully saturated rings. The lowest BCUT2D eigenvalue weighted by Crippen LogP contribution is -2.74. The third kappa shape index (κ3) is 5.85. The summed E-state index contributed by atoms with van der Waals surface area (Å²) in [5, 5.41) is 0. The molecule has 2 nitrogen and oxygen atoms in total. The van der Waals surface area contributed by atoms with E-state index in [1.54, 1.807) is 6.92 Å². The second-order valence-electron chi connectivity index (χ2n) is 7.32. The van der Waals surface area contributed by atoms with Crippen LogP contribution in [0.15, 0.2) is 0 Å². The van der Waals surface area contributed by atoms with Crippen molar-refractivity contribution in [2.75, 3.05) is 6.61 Å². The molecule has 0 aromatic heterocycles. The second kappa shape index (κ2) is 10.8. The summed E-state index contributed by atoms with van der Waals surface area (Å²) in [6, 6.07) is 0. The zero-order valence-corrected chi connectivity index (χ0v) is 17.4. The highest BCUT2D eigenvalue weighted by molar-refractivity contribution is 5.69. The van der Waals surface area contributed by atoms with Gasteiger partial charge in [-0.1, -0.05) is 32.6 Å². The van der Waals surface area contributed by atoms with E-state index >= 15 is 0 Å². The van der Waals surface area contributed by atoms with Crippen molar-refractivity contribution in [2.24, 2.45) is 0 Å². The van der Waals surface area contributed by atoms with Gasteiger partial charge in [0.25, 0.3) is 0 Å². The Labute approximate surface area is 187 Å². The minimum absolute atomic E-state index is 0.0747. The lowest BCUT2D eigenvalue weighted by molar-refractivity contribution is -0.447. The SMILES string of the molecule is CCCCCCCC(=O)OCC(F)(F)C(F)(F)C(F)(F)C(F)(F)C(F)(F)C(F)(F)C(F)(F)C(F)F. The molecule has 0 amide bonds. The molecule has 0 heterocycles. The van der Waals surface area contributed by atoms with Crippen LogP contribution in [-0.2, 0) is 9.53 Å². The van der Waals surface area contributed by atoms with Gasteiger partial charge in [-0.25, -0.2) is 8.78 Å². The van der Waals surface area contributed by atoms with Gasteiger partial charge in [-0.3, -0.25) is 4.79 Å². The molecule has 0 saturated heterocycles. The quantitative estimate of drug-likeness (QED) is 0.118. The van der Waals surface area contributed by atoms with Gasteiger partial charge >= 0.3 is 53.9 Å². The van der Waals surface area contributed by atoms with Crippen LogP contribution in [-0.4, -0.2) is 60.5 Å². The van der Waals surface area contributed by atoms with Crippen LogP contribution < -0.4 is 0 Å². The number of hydrogen-bond donors (Lipinski definition) is 0. The van der Waals surface area contributed by atoms with Crippen molar-refractivity contribution in [1.29, 1.82) is 0 Å². The predicted molar refractivity (Wildman–Crippen MR) is 85.0 cm³/mol. The number of esters is 1. The second-order valence-corrected chi connectivity index (χ2v) is 7.32. The molecule has 35 heavy (non-hydrogen) atoms. The number of hydrogen-bond acceptors (Lipinski definition) is 2. The highest BCUT2D eigenvalue weighted by Crippen LogP contribution is 2.62. The Balaban J connectivity index is 5.88. The van der Waals surface area contributed by atoms with Crippen LogP contribution in [0.4, 0.5) is 70.2 Å². The summed E-state index contributed by atoms with van der Waals surface area (Å²) in [5.41, 5.74) is 0. The summed E-state index contributed by atoms with van der Waals surface area (Å²) in [7, 11) is 0. The number of halogens is 16. The van der Waals surface area contributed by atoms with Gasteiger partial charge in [0.15, 0.2) is 6.61 Å². The molecule has 0 aliphatic rings. The fourth-order valence-corrected chi connectivity index (χ4v) is 2.37. The fraction of sp³-hybridized carbons (Fsp3) is 0.941. The van der Waals surface area contributed by atoms with Gasteiger partial charge in [-0.15, -0.1) is 0 Å². The highest BCUT2D eigenvalue weighted by atomic mass is 19.4. The summed E-state index contributed by atoms with van der Waals surface area (Å²) in [6.07, 6.45) is -4.48. The van der Waals surface area contributed by atoms with Gasteiger partial charge in [0.1, 0.15) is 0 Å². The molecular formula is C17H18F16O2. The van der Waals surface area contributed by atoms with Crippen molar-refractivity contribution < 1.29 is 79.8 Å². The molecule has 18 heteroatoms. The lowest BCUT2D eigenvalue weighted by atomic mass is 9.89. The Bertz CT molecular complexity index is 704. The predicted octanol–water partition coefficient (Wildman–Crippen LogP) is 7.60. The molecule has 0 aliphatic heterocycles. The topological polar surface area (TPSA) is 26.3 Å². The molecule has 0 radical (unpaired) electrons. The molecular weight excluding hydrogens is 540 g/mol. The molecule has 0 rings (SSSR count). The number of carbonyl (C=O) groups is 1. The first kappa shape index (κ1) is 33.4. The average molecular weight is 558 g/mol. The molecule has 0 spiro atoms. The Morgan fingerprint density at radius 3 is 1.46 bits per heavy atom. The maximum Gasteiger partial charge on any atom is 0.385 e. The smallest absolute Gasteiger partial charge is 0.385 e. The Morgan fingerprint density at radius 2 is 1.03 bits per heavy atom. The van der Waals surface area contributed by atoms with Gasteiger partial charge < -0.3 is 4.74 Å². The summed E-state index contributed by atoms with van der Waals surface area (Å²) < 4.78 is 214. The molecule has 0 N–H and O–H groups in total. The first-order valence-electron chi connectivity index (χ1n) is 9.48. The van der Waals surface area contributed by atoms with E-state index in [4.69, 9.17) is 0 Å². The van der Waals surface area contributed by atoms with Crippen molar-refractivity contribution in [3.8, 4) is 0 Å². The van der Waals surface area contributed by atoms with Gasteiger partial charge in [0.2, 0.25) is 0 Å². The molecule has 0 unspecified atom stereocenters. The van der Waals surface area contributed by atoms with E-state index in [2.05, 4.69) is 4.74 Å². The minimum atomic E-state index is -8.46. The zero-order chi connectivity index (χ0) is 28.3. The molecule has 0 atom stereocenters. The molecule has 0 bridgehead atoms. The van der Waals surface area contributed by atoms with Gasteiger partial charge in [-0.05, 0) is 6.42 Å². The van der Waals surface area contributed by atoms with E-state index in [1.807, 2.05) is 0 Å². The Morgan fingerprint density at radius 1 is 0.629 bits per heavy atom. The zero-order valence-electron chi connectivity index (χ0n) is 17.4. The molecule has 0 saturated carbocycles. The van der Waals surface area contributed by atoms with E-state index in [0.717, 1.165) is 6.42 Å². The highest BCUT2D eigenvalue weighted by Gasteiger charge is 2.93. The summed E-state index contributed by atoms with van der Waals surface area (Å²) in [4.78, 5) is 11.3.